The average molecular weight is 405 g/mol. The van der Waals surface area contributed by atoms with E-state index < -0.39 is 0 Å². The molecule has 4 rings (SSSR count). The summed E-state index contributed by atoms with van der Waals surface area (Å²) < 4.78 is 23.9. The van der Waals surface area contributed by atoms with Gasteiger partial charge in [-0.1, -0.05) is 18.2 Å². The number of pyridine rings is 1. The normalized spacial score (nSPS) is 10.9. The number of benzene rings is 2. The van der Waals surface area contributed by atoms with Crippen molar-refractivity contribution in [2.45, 2.75) is 12.8 Å². The van der Waals surface area contributed by atoms with Gasteiger partial charge in [-0.2, -0.15) is 0 Å². The van der Waals surface area contributed by atoms with Gasteiger partial charge in [-0.15, -0.1) is 0 Å². The zero-order chi connectivity index (χ0) is 21.1. The molecule has 2 heterocycles. The molecule has 0 fully saturated rings. The Bertz CT molecular complexity index is 1250. The summed E-state index contributed by atoms with van der Waals surface area (Å²) in [4.78, 5) is 24.3. The lowest BCUT2D eigenvalue weighted by Gasteiger charge is -2.09. The minimum absolute atomic E-state index is 0.226. The number of ether oxygens (including phenoxy) is 2. The van der Waals surface area contributed by atoms with Crippen LogP contribution in [0.15, 0.2) is 59.5 Å². The van der Waals surface area contributed by atoms with Crippen LogP contribution in [0.5, 0.6) is 11.5 Å². The zero-order valence-electron chi connectivity index (χ0n) is 16.6. The van der Waals surface area contributed by atoms with Crippen molar-refractivity contribution in [3.8, 4) is 22.8 Å². The van der Waals surface area contributed by atoms with Gasteiger partial charge >= 0.3 is 0 Å². The summed E-state index contributed by atoms with van der Waals surface area (Å²) in [7, 11) is 3.06. The van der Waals surface area contributed by atoms with E-state index >= 15 is 0 Å². The van der Waals surface area contributed by atoms with Crippen molar-refractivity contribution in [3.05, 3.63) is 82.3 Å². The number of hydrogen-bond acceptors (Lipinski definition) is 5. The molecule has 1 N–H and O–H groups in total. The van der Waals surface area contributed by atoms with Crippen LogP contribution in [0.4, 0.5) is 4.39 Å². The van der Waals surface area contributed by atoms with Crippen molar-refractivity contribution < 1.29 is 13.9 Å². The molecule has 7 heteroatoms. The molecule has 0 amide bonds. The number of halogens is 1. The summed E-state index contributed by atoms with van der Waals surface area (Å²) in [5.74, 6) is 1.29. The van der Waals surface area contributed by atoms with E-state index in [0.717, 1.165) is 11.1 Å². The maximum Gasteiger partial charge on any atom is 0.258 e. The lowest BCUT2D eigenvalue weighted by Crippen LogP contribution is -2.13. The van der Waals surface area contributed by atoms with E-state index in [1.807, 2.05) is 18.2 Å². The molecule has 0 radical (unpaired) electrons. The summed E-state index contributed by atoms with van der Waals surface area (Å²) in [6.07, 6.45) is 2.95. The number of nitrogens with zero attached hydrogens (tertiary/aromatic N) is 2. The Morgan fingerprint density at radius 2 is 1.80 bits per heavy atom. The molecule has 4 aromatic rings. The zero-order valence-corrected chi connectivity index (χ0v) is 16.6. The van der Waals surface area contributed by atoms with Gasteiger partial charge in [0.2, 0.25) is 0 Å². The minimum atomic E-state index is -0.293. The number of rotatable bonds is 6. The standard InChI is InChI=1S/C23H20FN3O3/c1-29-20-11-17-19(12-21(20)30-2)26-22(27-23(17)28)9-7-14-6-8-18(25-13-14)15-4-3-5-16(24)10-15/h3-6,8,10-13H,7,9H2,1-2H3,(H,26,27,28). The number of fused-ring (bicyclic) bond motifs is 1. The van der Waals surface area contributed by atoms with Gasteiger partial charge in [-0.05, 0) is 36.2 Å². The van der Waals surface area contributed by atoms with Crippen LogP contribution in [0.25, 0.3) is 22.2 Å². The minimum Gasteiger partial charge on any atom is -0.493 e. The lowest BCUT2D eigenvalue weighted by molar-refractivity contribution is 0.355. The second-order valence-electron chi connectivity index (χ2n) is 6.80. The Hall–Kier alpha value is -3.74. The Morgan fingerprint density at radius 3 is 2.50 bits per heavy atom. The second-order valence-corrected chi connectivity index (χ2v) is 6.80. The van der Waals surface area contributed by atoms with E-state index in [1.54, 1.807) is 24.4 Å². The van der Waals surface area contributed by atoms with E-state index in [-0.39, 0.29) is 11.4 Å². The van der Waals surface area contributed by atoms with Gasteiger partial charge in [-0.3, -0.25) is 9.78 Å². The van der Waals surface area contributed by atoms with Gasteiger partial charge in [0, 0.05) is 24.2 Å². The highest BCUT2D eigenvalue weighted by Crippen LogP contribution is 2.30. The largest absolute Gasteiger partial charge is 0.493 e. The van der Waals surface area contributed by atoms with Crippen LogP contribution in [0, 0.1) is 5.82 Å². The molecule has 0 saturated heterocycles. The fourth-order valence-electron chi connectivity index (χ4n) is 3.29. The number of methoxy groups -OCH3 is 2. The molecule has 152 valence electrons. The molecule has 2 aromatic heterocycles. The first-order chi connectivity index (χ1) is 14.6. The van der Waals surface area contributed by atoms with Gasteiger partial charge < -0.3 is 14.5 Å². The highest BCUT2D eigenvalue weighted by atomic mass is 19.1. The monoisotopic (exact) mass is 405 g/mol. The smallest absolute Gasteiger partial charge is 0.258 e. The molecule has 0 aliphatic rings. The first-order valence-corrected chi connectivity index (χ1v) is 9.43. The van der Waals surface area contributed by atoms with Gasteiger partial charge in [0.1, 0.15) is 11.6 Å². The summed E-state index contributed by atoms with van der Waals surface area (Å²) in [5, 5.41) is 0.442. The van der Waals surface area contributed by atoms with Gasteiger partial charge in [0.15, 0.2) is 11.5 Å². The number of hydrogen-bond donors (Lipinski definition) is 1. The molecule has 0 spiro atoms. The first kappa shape index (κ1) is 19.6. The third kappa shape index (κ3) is 4.00. The quantitative estimate of drug-likeness (QED) is 0.526. The summed E-state index contributed by atoms with van der Waals surface area (Å²) in [6, 6.07) is 13.5. The van der Waals surface area contributed by atoms with Crippen molar-refractivity contribution >= 4 is 10.9 Å². The number of aromatic nitrogens is 3. The van der Waals surface area contributed by atoms with Crippen molar-refractivity contribution in [1.82, 2.24) is 15.0 Å². The molecule has 6 nitrogen and oxygen atoms in total. The van der Waals surface area contributed by atoms with Crippen LogP contribution in [0.3, 0.4) is 0 Å². The van der Waals surface area contributed by atoms with Crippen molar-refractivity contribution in [2.24, 2.45) is 0 Å². The summed E-state index contributed by atoms with van der Waals surface area (Å²) in [5.41, 5.74) is 2.75. The Kier molecular flexibility index (Phi) is 5.43. The predicted molar refractivity (Wildman–Crippen MR) is 113 cm³/mol. The Balaban J connectivity index is 1.54. The molecule has 0 atom stereocenters. The van der Waals surface area contributed by atoms with E-state index in [2.05, 4.69) is 15.0 Å². The van der Waals surface area contributed by atoms with Gasteiger partial charge in [-0.25, -0.2) is 9.37 Å². The number of H-pyrrole nitrogens is 1. The fraction of sp³-hybridized carbons (Fsp3) is 0.174. The SMILES string of the molecule is COc1cc2nc(CCc3ccc(-c4cccc(F)c4)nc3)[nH]c(=O)c2cc1OC. The van der Waals surface area contributed by atoms with Crippen LogP contribution in [0.2, 0.25) is 0 Å². The third-order valence-electron chi connectivity index (χ3n) is 4.86. The second kappa shape index (κ2) is 8.32. The summed E-state index contributed by atoms with van der Waals surface area (Å²) in [6.45, 7) is 0. The summed E-state index contributed by atoms with van der Waals surface area (Å²) >= 11 is 0. The third-order valence-corrected chi connectivity index (χ3v) is 4.86. The molecule has 0 aliphatic carbocycles. The molecule has 0 aliphatic heterocycles. The number of aryl methyl sites for hydroxylation is 2. The Morgan fingerprint density at radius 1 is 1.00 bits per heavy atom. The van der Waals surface area contributed by atoms with Crippen LogP contribution < -0.4 is 15.0 Å². The van der Waals surface area contributed by atoms with Crippen molar-refractivity contribution in [1.29, 1.82) is 0 Å². The molecular weight excluding hydrogens is 385 g/mol. The topological polar surface area (TPSA) is 77.1 Å². The van der Waals surface area contributed by atoms with Gasteiger partial charge in [0.25, 0.3) is 5.56 Å². The first-order valence-electron chi connectivity index (χ1n) is 9.43. The lowest BCUT2D eigenvalue weighted by atomic mass is 10.1. The van der Waals surface area contributed by atoms with Crippen LogP contribution in [0.1, 0.15) is 11.4 Å². The maximum absolute atomic E-state index is 13.4. The number of nitrogens with one attached hydrogen (secondary N) is 1. The van der Waals surface area contributed by atoms with Crippen LogP contribution in [-0.4, -0.2) is 29.2 Å². The van der Waals surface area contributed by atoms with Crippen LogP contribution in [-0.2, 0) is 12.8 Å². The molecular formula is C23H20FN3O3. The van der Waals surface area contributed by atoms with E-state index in [9.17, 15) is 9.18 Å². The highest BCUT2D eigenvalue weighted by Gasteiger charge is 2.11. The fourth-order valence-corrected chi connectivity index (χ4v) is 3.29. The molecule has 30 heavy (non-hydrogen) atoms. The predicted octanol–water partition coefficient (Wildman–Crippen LogP) is 3.93. The molecule has 0 saturated carbocycles. The van der Waals surface area contributed by atoms with E-state index in [1.165, 1.54) is 26.4 Å². The van der Waals surface area contributed by atoms with Gasteiger partial charge in [0.05, 0.1) is 30.8 Å². The maximum atomic E-state index is 13.4. The highest BCUT2D eigenvalue weighted by molar-refractivity contribution is 5.81. The van der Waals surface area contributed by atoms with Crippen LogP contribution >= 0.6 is 0 Å². The molecule has 2 aromatic carbocycles. The van der Waals surface area contributed by atoms with E-state index in [4.69, 9.17) is 9.47 Å². The molecule has 0 bridgehead atoms. The van der Waals surface area contributed by atoms with Crippen molar-refractivity contribution in [3.63, 3.8) is 0 Å². The average Bonchev–Trinajstić information content (AvgIpc) is 2.77. The van der Waals surface area contributed by atoms with Crippen molar-refractivity contribution in [2.75, 3.05) is 14.2 Å². The Labute approximate surface area is 172 Å². The number of aromatic amines is 1. The van der Waals surface area contributed by atoms with E-state index in [0.29, 0.717) is 46.8 Å². The molecule has 0 unspecified atom stereocenters.